The van der Waals surface area contributed by atoms with Gasteiger partial charge >= 0.3 is 0 Å². The molecule has 0 aromatic heterocycles. The van der Waals surface area contributed by atoms with E-state index in [0.29, 0.717) is 48.9 Å². The molecule has 1 aliphatic heterocycles. The Morgan fingerprint density at radius 3 is 2.43 bits per heavy atom. The van der Waals surface area contributed by atoms with Gasteiger partial charge in [-0.2, -0.15) is 0 Å². The highest BCUT2D eigenvalue weighted by atomic mass is 35.5. The summed E-state index contributed by atoms with van der Waals surface area (Å²) in [4.78, 5) is 12.7. The molecule has 1 heterocycles. The highest BCUT2D eigenvalue weighted by Gasteiger charge is 2.26. The van der Waals surface area contributed by atoms with E-state index in [1.54, 1.807) is 30.3 Å². The molecule has 3 rings (SSSR count). The number of amides is 1. The Morgan fingerprint density at radius 2 is 1.79 bits per heavy atom. The minimum atomic E-state index is -3.18. The Bertz CT molecular complexity index is 923. The van der Waals surface area contributed by atoms with Gasteiger partial charge in [0.15, 0.2) is 0 Å². The van der Waals surface area contributed by atoms with E-state index in [1.165, 1.54) is 10.6 Å². The molecule has 0 unspecified atom stereocenters. The summed E-state index contributed by atoms with van der Waals surface area (Å²) in [6.07, 6.45) is 2.39. The lowest BCUT2D eigenvalue weighted by molar-refractivity contribution is 0.0919. The molecule has 1 saturated heterocycles. The third-order valence-corrected chi connectivity index (χ3v) is 6.25. The third-order valence-electron chi connectivity index (χ3n) is 4.70. The molecule has 1 N–H and O–H groups in total. The van der Waals surface area contributed by atoms with Gasteiger partial charge in [-0.1, -0.05) is 35.9 Å². The van der Waals surface area contributed by atoms with E-state index in [9.17, 15) is 13.2 Å². The lowest BCUT2D eigenvalue weighted by Gasteiger charge is -2.30. The molecule has 6 nitrogen and oxygen atoms in total. The predicted octanol–water partition coefficient (Wildman–Crippen LogP) is 3.07. The number of carbonyl (C=O) groups is 1. The summed E-state index contributed by atoms with van der Waals surface area (Å²) in [6.45, 7) is 1.16. The monoisotopic (exact) mass is 422 g/mol. The van der Waals surface area contributed by atoms with E-state index in [1.807, 2.05) is 18.2 Å². The van der Waals surface area contributed by atoms with E-state index in [0.717, 1.165) is 5.56 Å². The molecule has 2 aromatic carbocycles. The largest absolute Gasteiger partial charge is 0.488 e. The van der Waals surface area contributed by atoms with E-state index < -0.39 is 10.0 Å². The summed E-state index contributed by atoms with van der Waals surface area (Å²) in [5, 5.41) is 3.65. The molecule has 1 aliphatic rings. The summed E-state index contributed by atoms with van der Waals surface area (Å²) in [5.74, 6) is 0.285. The van der Waals surface area contributed by atoms with Crippen molar-refractivity contribution in [3.63, 3.8) is 0 Å². The number of hydrogen-bond acceptors (Lipinski definition) is 4. The van der Waals surface area contributed by atoms with Crippen LogP contribution in [-0.2, 0) is 16.6 Å². The Balaban J connectivity index is 1.60. The van der Waals surface area contributed by atoms with E-state index in [-0.39, 0.29) is 11.9 Å². The minimum Gasteiger partial charge on any atom is -0.488 e. The molecule has 0 bridgehead atoms. The average Bonchev–Trinajstić information content (AvgIpc) is 2.67. The van der Waals surface area contributed by atoms with Gasteiger partial charge < -0.3 is 10.1 Å². The van der Waals surface area contributed by atoms with Gasteiger partial charge in [0.05, 0.1) is 11.8 Å². The summed E-state index contributed by atoms with van der Waals surface area (Å²) in [6, 6.07) is 14.4. The first kappa shape index (κ1) is 20.6. The van der Waals surface area contributed by atoms with Crippen LogP contribution in [0.3, 0.4) is 0 Å². The standard InChI is InChI=1S/C20H23ClN2O4S/c1-28(25,26)23-12-10-17(11-13-23)22-20(24)18-4-2-3-5-19(18)27-14-15-6-8-16(21)9-7-15/h2-9,17H,10-14H2,1H3,(H,22,24). The number of benzene rings is 2. The SMILES string of the molecule is CS(=O)(=O)N1CCC(NC(=O)c2ccccc2OCc2ccc(Cl)cc2)CC1. The van der Waals surface area contributed by atoms with Gasteiger partial charge in [0, 0.05) is 24.2 Å². The quantitative estimate of drug-likeness (QED) is 0.776. The number of rotatable bonds is 6. The van der Waals surface area contributed by atoms with Crippen molar-refractivity contribution in [3.8, 4) is 5.75 Å². The van der Waals surface area contributed by atoms with Gasteiger partial charge in [-0.05, 0) is 42.7 Å². The molecule has 0 saturated carbocycles. The fraction of sp³-hybridized carbons (Fsp3) is 0.350. The maximum Gasteiger partial charge on any atom is 0.255 e. The van der Waals surface area contributed by atoms with Crippen LogP contribution < -0.4 is 10.1 Å². The Morgan fingerprint density at radius 1 is 1.14 bits per heavy atom. The smallest absolute Gasteiger partial charge is 0.255 e. The van der Waals surface area contributed by atoms with Crippen LogP contribution in [0, 0.1) is 0 Å². The van der Waals surface area contributed by atoms with Gasteiger partial charge in [0.25, 0.3) is 5.91 Å². The highest BCUT2D eigenvalue weighted by Crippen LogP contribution is 2.21. The molecule has 0 atom stereocenters. The first-order chi connectivity index (χ1) is 13.3. The van der Waals surface area contributed by atoms with Gasteiger partial charge in [0.1, 0.15) is 12.4 Å². The number of halogens is 1. The maximum absolute atomic E-state index is 12.7. The number of nitrogens with one attached hydrogen (secondary N) is 1. The highest BCUT2D eigenvalue weighted by molar-refractivity contribution is 7.88. The molecular weight excluding hydrogens is 400 g/mol. The molecular formula is C20H23ClN2O4S. The summed E-state index contributed by atoms with van der Waals surface area (Å²) in [5.41, 5.74) is 1.41. The molecule has 8 heteroatoms. The van der Waals surface area contributed by atoms with Gasteiger partial charge in [-0.25, -0.2) is 12.7 Å². The van der Waals surface area contributed by atoms with Crippen LogP contribution in [0.15, 0.2) is 48.5 Å². The number of piperidine rings is 1. The fourth-order valence-corrected chi connectivity index (χ4v) is 4.12. The van der Waals surface area contributed by atoms with Crippen molar-refractivity contribution in [1.82, 2.24) is 9.62 Å². The van der Waals surface area contributed by atoms with Crippen molar-refractivity contribution in [3.05, 3.63) is 64.7 Å². The average molecular weight is 423 g/mol. The van der Waals surface area contributed by atoms with Crippen molar-refractivity contribution in [2.75, 3.05) is 19.3 Å². The molecule has 0 spiro atoms. The topological polar surface area (TPSA) is 75.7 Å². The summed E-state index contributed by atoms with van der Waals surface area (Å²) < 4.78 is 30.5. The molecule has 1 amide bonds. The zero-order valence-corrected chi connectivity index (χ0v) is 17.2. The Kier molecular flexibility index (Phi) is 6.59. The fourth-order valence-electron chi connectivity index (χ4n) is 3.12. The molecule has 2 aromatic rings. The summed E-state index contributed by atoms with van der Waals surface area (Å²) in [7, 11) is -3.18. The predicted molar refractivity (Wildman–Crippen MR) is 109 cm³/mol. The number of ether oxygens (including phenoxy) is 1. The Hall–Kier alpha value is -2.09. The van der Waals surface area contributed by atoms with Crippen LogP contribution in [0.2, 0.25) is 5.02 Å². The number of carbonyl (C=O) groups excluding carboxylic acids is 1. The lowest BCUT2D eigenvalue weighted by atomic mass is 10.1. The van der Waals surface area contributed by atoms with Crippen molar-refractivity contribution >= 4 is 27.5 Å². The van der Waals surface area contributed by atoms with E-state index >= 15 is 0 Å². The first-order valence-corrected chi connectivity index (χ1v) is 11.3. The number of sulfonamides is 1. The number of para-hydroxylation sites is 1. The van der Waals surface area contributed by atoms with Crippen LogP contribution in [0.5, 0.6) is 5.75 Å². The van der Waals surface area contributed by atoms with Crippen LogP contribution in [0.1, 0.15) is 28.8 Å². The van der Waals surface area contributed by atoms with E-state index in [2.05, 4.69) is 5.32 Å². The van der Waals surface area contributed by atoms with Gasteiger partial charge in [0.2, 0.25) is 10.0 Å². The van der Waals surface area contributed by atoms with Crippen LogP contribution >= 0.6 is 11.6 Å². The normalized spacial score (nSPS) is 15.9. The second-order valence-corrected chi connectivity index (χ2v) is 9.24. The molecule has 150 valence electrons. The zero-order chi connectivity index (χ0) is 20.1. The van der Waals surface area contributed by atoms with Crippen molar-refractivity contribution in [2.45, 2.75) is 25.5 Å². The van der Waals surface area contributed by atoms with Crippen molar-refractivity contribution < 1.29 is 17.9 Å². The van der Waals surface area contributed by atoms with Crippen molar-refractivity contribution in [1.29, 1.82) is 0 Å². The van der Waals surface area contributed by atoms with Gasteiger partial charge in [-0.3, -0.25) is 4.79 Å². The van der Waals surface area contributed by atoms with Crippen LogP contribution in [0.25, 0.3) is 0 Å². The number of nitrogens with zero attached hydrogens (tertiary/aromatic N) is 1. The van der Waals surface area contributed by atoms with Gasteiger partial charge in [-0.15, -0.1) is 0 Å². The maximum atomic E-state index is 12.7. The second kappa shape index (κ2) is 8.94. The third kappa shape index (κ3) is 5.47. The molecule has 0 radical (unpaired) electrons. The van der Waals surface area contributed by atoms with Crippen LogP contribution in [-0.4, -0.2) is 44.0 Å². The van der Waals surface area contributed by atoms with Crippen molar-refractivity contribution in [2.24, 2.45) is 0 Å². The molecule has 0 aliphatic carbocycles. The molecule has 1 fully saturated rings. The lowest BCUT2D eigenvalue weighted by Crippen LogP contribution is -2.46. The molecule has 28 heavy (non-hydrogen) atoms. The van der Waals surface area contributed by atoms with Crippen LogP contribution in [0.4, 0.5) is 0 Å². The second-order valence-electron chi connectivity index (χ2n) is 6.82. The first-order valence-electron chi connectivity index (χ1n) is 9.05. The zero-order valence-electron chi connectivity index (χ0n) is 15.6. The minimum absolute atomic E-state index is 0.0604. The Labute approximate surface area is 170 Å². The number of hydrogen-bond donors (Lipinski definition) is 1. The summed E-state index contributed by atoms with van der Waals surface area (Å²) >= 11 is 5.89. The van der Waals surface area contributed by atoms with E-state index in [4.69, 9.17) is 16.3 Å².